The summed E-state index contributed by atoms with van der Waals surface area (Å²) in [7, 11) is 0. The molecule has 0 unspecified atom stereocenters. The largest absolute Gasteiger partial charge is 0.433 e. The van der Waals surface area contributed by atoms with Gasteiger partial charge in [-0.3, -0.25) is 4.90 Å². The van der Waals surface area contributed by atoms with Gasteiger partial charge in [0.2, 0.25) is 0 Å². The summed E-state index contributed by atoms with van der Waals surface area (Å²) in [5.41, 5.74) is 0.0531. The van der Waals surface area contributed by atoms with E-state index in [1.165, 1.54) is 17.0 Å². The number of benzene rings is 1. The lowest BCUT2D eigenvalue weighted by Crippen LogP contribution is -2.23. The number of carbonyl (C=O) groups is 1. The summed E-state index contributed by atoms with van der Waals surface area (Å²) in [5.74, 6) is -0.377. The van der Waals surface area contributed by atoms with Crippen LogP contribution in [-0.2, 0) is 4.74 Å². The van der Waals surface area contributed by atoms with Crippen LogP contribution in [-0.4, -0.2) is 18.1 Å². The lowest BCUT2D eigenvalue weighted by atomic mass is 10.3. The van der Waals surface area contributed by atoms with Crippen LogP contribution in [0, 0.1) is 5.82 Å². The minimum absolute atomic E-state index is 0.339. The molecule has 0 aromatic heterocycles. The van der Waals surface area contributed by atoms with Gasteiger partial charge in [-0.25, -0.2) is 9.18 Å². The molecule has 1 aliphatic heterocycles. The van der Waals surface area contributed by atoms with Crippen LogP contribution in [0.15, 0.2) is 24.3 Å². The smallest absolute Gasteiger partial charge is 0.415 e. The topological polar surface area (TPSA) is 29.5 Å². The minimum Gasteiger partial charge on any atom is -0.433 e. The van der Waals surface area contributed by atoms with E-state index in [0.29, 0.717) is 12.2 Å². The van der Waals surface area contributed by atoms with E-state index in [0.717, 1.165) is 0 Å². The van der Waals surface area contributed by atoms with E-state index in [1.807, 2.05) is 0 Å². The summed E-state index contributed by atoms with van der Waals surface area (Å²) in [5, 5.41) is 0. The Morgan fingerprint density at radius 1 is 1.57 bits per heavy atom. The Bertz CT molecular complexity index is 372. The molecule has 0 N–H and O–H groups in total. The molecule has 1 aliphatic rings. The molecule has 1 fully saturated rings. The molecule has 14 heavy (non-hydrogen) atoms. The van der Waals surface area contributed by atoms with E-state index in [2.05, 4.69) is 12.6 Å². The Kier molecular flexibility index (Phi) is 2.33. The molecule has 3 nitrogen and oxygen atoms in total. The van der Waals surface area contributed by atoms with E-state index in [4.69, 9.17) is 4.74 Å². The number of carbonyl (C=O) groups excluding carboxylic acids is 1. The Hall–Kier alpha value is -1.23. The van der Waals surface area contributed by atoms with Crippen LogP contribution in [0.25, 0.3) is 0 Å². The fraction of sp³-hybridized carbons (Fsp3) is 0.222. The van der Waals surface area contributed by atoms with Crippen molar-refractivity contribution in [1.29, 1.82) is 0 Å². The summed E-state index contributed by atoms with van der Waals surface area (Å²) in [6, 6.07) is 5.80. The van der Waals surface area contributed by atoms with Crippen molar-refractivity contribution < 1.29 is 13.9 Å². The summed E-state index contributed by atoms with van der Waals surface area (Å²) >= 11 is 4.01. The van der Waals surface area contributed by atoms with Crippen LogP contribution < -0.4 is 4.90 Å². The van der Waals surface area contributed by atoms with Crippen molar-refractivity contribution in [3.63, 3.8) is 0 Å². The van der Waals surface area contributed by atoms with Crippen molar-refractivity contribution in [2.45, 2.75) is 5.44 Å². The Morgan fingerprint density at radius 3 is 2.93 bits per heavy atom. The highest BCUT2D eigenvalue weighted by Crippen LogP contribution is 2.23. The zero-order chi connectivity index (χ0) is 10.1. The van der Waals surface area contributed by atoms with Gasteiger partial charge in [-0.15, -0.1) is 12.6 Å². The number of hydrogen-bond donors (Lipinski definition) is 1. The van der Waals surface area contributed by atoms with Gasteiger partial charge in [0.15, 0.2) is 5.44 Å². The fourth-order valence-corrected chi connectivity index (χ4v) is 1.56. The maximum atomic E-state index is 12.8. The number of amides is 1. The number of nitrogens with zero attached hydrogens (tertiary/aromatic N) is 1. The predicted molar refractivity (Wildman–Crippen MR) is 53.0 cm³/mol. The lowest BCUT2D eigenvalue weighted by Gasteiger charge is -2.11. The first-order chi connectivity index (χ1) is 6.66. The maximum absolute atomic E-state index is 12.8. The molecule has 1 atom stereocenters. The van der Waals surface area contributed by atoms with E-state index in [1.54, 1.807) is 12.1 Å². The molecular formula is C9H8FNO2S. The second-order valence-corrected chi connectivity index (χ2v) is 3.50. The minimum atomic E-state index is -0.490. The van der Waals surface area contributed by atoms with E-state index >= 15 is 0 Å². The zero-order valence-corrected chi connectivity index (χ0v) is 8.08. The second-order valence-electron chi connectivity index (χ2n) is 2.93. The molecule has 1 heterocycles. The quantitative estimate of drug-likeness (QED) is 0.723. The number of rotatable bonds is 1. The van der Waals surface area contributed by atoms with E-state index in [9.17, 15) is 9.18 Å². The van der Waals surface area contributed by atoms with Crippen molar-refractivity contribution in [3.05, 3.63) is 30.1 Å². The van der Waals surface area contributed by atoms with Gasteiger partial charge in [-0.2, -0.15) is 0 Å². The van der Waals surface area contributed by atoms with Crippen molar-refractivity contribution >= 4 is 24.4 Å². The zero-order valence-electron chi connectivity index (χ0n) is 7.18. The third-order valence-electron chi connectivity index (χ3n) is 1.92. The van der Waals surface area contributed by atoms with Crippen molar-refractivity contribution in [2.75, 3.05) is 11.4 Å². The molecular weight excluding hydrogens is 205 g/mol. The molecule has 74 valence electrons. The predicted octanol–water partition coefficient (Wildman–Crippen LogP) is 2.04. The third kappa shape index (κ3) is 1.68. The van der Waals surface area contributed by atoms with Gasteiger partial charge in [-0.05, 0) is 18.2 Å². The van der Waals surface area contributed by atoms with Crippen molar-refractivity contribution in [1.82, 2.24) is 0 Å². The molecule has 1 aromatic carbocycles. The van der Waals surface area contributed by atoms with Gasteiger partial charge in [0.25, 0.3) is 0 Å². The molecule has 1 amide bonds. The first-order valence-electron chi connectivity index (χ1n) is 4.08. The molecule has 1 aromatic rings. The van der Waals surface area contributed by atoms with Crippen LogP contribution in [0.2, 0.25) is 0 Å². The Morgan fingerprint density at radius 2 is 2.36 bits per heavy atom. The van der Waals surface area contributed by atoms with Gasteiger partial charge in [0.05, 0.1) is 12.2 Å². The molecule has 0 radical (unpaired) electrons. The molecule has 5 heteroatoms. The van der Waals surface area contributed by atoms with Gasteiger partial charge < -0.3 is 4.74 Å². The van der Waals surface area contributed by atoms with Crippen LogP contribution >= 0.6 is 12.6 Å². The number of hydrogen-bond acceptors (Lipinski definition) is 3. The van der Waals surface area contributed by atoms with E-state index in [-0.39, 0.29) is 5.82 Å². The SMILES string of the molecule is O=C1O[C@@H](S)CN1c1cccc(F)c1. The molecule has 0 aliphatic carbocycles. The number of cyclic esters (lactones) is 1. The molecule has 2 rings (SSSR count). The van der Waals surface area contributed by atoms with Crippen LogP contribution in [0.4, 0.5) is 14.9 Å². The first kappa shape index (κ1) is 9.33. The lowest BCUT2D eigenvalue weighted by molar-refractivity contribution is 0.173. The highest BCUT2D eigenvalue weighted by Gasteiger charge is 2.29. The van der Waals surface area contributed by atoms with Crippen LogP contribution in [0.5, 0.6) is 0 Å². The van der Waals surface area contributed by atoms with Crippen molar-refractivity contribution in [2.24, 2.45) is 0 Å². The molecule has 1 saturated heterocycles. The first-order valence-corrected chi connectivity index (χ1v) is 4.60. The number of ether oxygens (including phenoxy) is 1. The molecule has 0 saturated carbocycles. The number of anilines is 1. The summed E-state index contributed by atoms with van der Waals surface area (Å²) < 4.78 is 17.6. The highest BCUT2D eigenvalue weighted by atomic mass is 32.1. The highest BCUT2D eigenvalue weighted by molar-refractivity contribution is 7.80. The Labute approximate surface area is 85.9 Å². The van der Waals surface area contributed by atoms with Gasteiger partial charge in [0, 0.05) is 0 Å². The monoisotopic (exact) mass is 213 g/mol. The van der Waals surface area contributed by atoms with Gasteiger partial charge in [-0.1, -0.05) is 6.07 Å². The van der Waals surface area contributed by atoms with Crippen LogP contribution in [0.3, 0.4) is 0 Å². The average molecular weight is 213 g/mol. The summed E-state index contributed by atoms with van der Waals surface area (Å²) in [6.07, 6.45) is -0.490. The standard InChI is InChI=1S/C9H8FNO2S/c10-6-2-1-3-7(4-6)11-5-8(14)13-9(11)12/h1-4,8,14H,5H2/t8-/m0/s1. The maximum Gasteiger partial charge on any atom is 0.415 e. The molecule has 0 bridgehead atoms. The van der Waals surface area contributed by atoms with Gasteiger partial charge in [0.1, 0.15) is 5.82 Å². The third-order valence-corrected chi connectivity index (χ3v) is 2.18. The summed E-state index contributed by atoms with van der Waals surface area (Å²) in [6.45, 7) is 0.339. The summed E-state index contributed by atoms with van der Waals surface area (Å²) in [4.78, 5) is 12.6. The van der Waals surface area contributed by atoms with Crippen LogP contribution in [0.1, 0.15) is 0 Å². The normalized spacial score (nSPS) is 21.1. The van der Waals surface area contributed by atoms with Crippen molar-refractivity contribution in [3.8, 4) is 0 Å². The fourth-order valence-electron chi connectivity index (χ4n) is 1.30. The molecule has 0 spiro atoms. The number of thiol groups is 1. The van der Waals surface area contributed by atoms with E-state index < -0.39 is 11.5 Å². The second kappa shape index (κ2) is 3.49. The van der Waals surface area contributed by atoms with Gasteiger partial charge >= 0.3 is 6.09 Å². The average Bonchev–Trinajstić information content (AvgIpc) is 2.45. The number of halogens is 1. The Balaban J connectivity index is 2.27.